The molecule has 0 heterocycles. The number of nitrogens with one attached hydrogen (secondary N) is 1. The fourth-order valence-electron chi connectivity index (χ4n) is 2.28. The normalized spacial score (nSPS) is 12.9. The SMILES string of the molecule is CCCNC(CCCc1cc(F)cc(Br)c1)C(C)C. The van der Waals surface area contributed by atoms with Gasteiger partial charge in [-0.1, -0.05) is 36.7 Å². The number of hydrogen-bond acceptors (Lipinski definition) is 1. The quantitative estimate of drug-likeness (QED) is 0.712. The fourth-order valence-corrected chi connectivity index (χ4v) is 2.79. The van der Waals surface area contributed by atoms with Crippen LogP contribution in [0.25, 0.3) is 0 Å². The minimum absolute atomic E-state index is 0.158. The summed E-state index contributed by atoms with van der Waals surface area (Å²) in [5.41, 5.74) is 1.07. The van der Waals surface area contributed by atoms with Crippen molar-refractivity contribution < 1.29 is 4.39 Å². The van der Waals surface area contributed by atoms with E-state index in [1.165, 1.54) is 12.5 Å². The van der Waals surface area contributed by atoms with Crippen LogP contribution >= 0.6 is 15.9 Å². The molecule has 0 bridgehead atoms. The smallest absolute Gasteiger partial charge is 0.124 e. The summed E-state index contributed by atoms with van der Waals surface area (Å²) in [6.45, 7) is 7.78. The van der Waals surface area contributed by atoms with Crippen molar-refractivity contribution in [2.45, 2.75) is 52.5 Å². The zero-order valence-electron chi connectivity index (χ0n) is 12.2. The van der Waals surface area contributed by atoms with Crippen molar-refractivity contribution in [1.29, 1.82) is 0 Å². The van der Waals surface area contributed by atoms with Gasteiger partial charge in [-0.2, -0.15) is 0 Å². The highest BCUT2D eigenvalue weighted by Crippen LogP contribution is 2.18. The van der Waals surface area contributed by atoms with E-state index in [1.807, 2.05) is 6.07 Å². The van der Waals surface area contributed by atoms with Gasteiger partial charge in [-0.15, -0.1) is 0 Å². The first-order chi connectivity index (χ1) is 9.02. The van der Waals surface area contributed by atoms with Crippen molar-refractivity contribution in [3.05, 3.63) is 34.1 Å². The van der Waals surface area contributed by atoms with Crippen LogP contribution < -0.4 is 5.32 Å². The molecule has 0 aliphatic rings. The van der Waals surface area contributed by atoms with Gasteiger partial charge < -0.3 is 5.32 Å². The highest BCUT2D eigenvalue weighted by molar-refractivity contribution is 9.10. The number of benzene rings is 1. The molecule has 0 fully saturated rings. The summed E-state index contributed by atoms with van der Waals surface area (Å²) in [5, 5.41) is 3.59. The van der Waals surface area contributed by atoms with E-state index in [0.717, 1.165) is 35.8 Å². The molecular weight excluding hydrogens is 305 g/mol. The molecule has 1 unspecified atom stereocenters. The molecule has 0 aliphatic heterocycles. The van der Waals surface area contributed by atoms with Gasteiger partial charge in [0.2, 0.25) is 0 Å². The highest BCUT2D eigenvalue weighted by Gasteiger charge is 2.11. The van der Waals surface area contributed by atoms with E-state index in [0.29, 0.717) is 12.0 Å². The molecule has 108 valence electrons. The summed E-state index contributed by atoms with van der Waals surface area (Å²) in [4.78, 5) is 0. The van der Waals surface area contributed by atoms with E-state index in [9.17, 15) is 4.39 Å². The lowest BCUT2D eigenvalue weighted by Gasteiger charge is -2.22. The van der Waals surface area contributed by atoms with E-state index >= 15 is 0 Å². The Labute approximate surface area is 125 Å². The van der Waals surface area contributed by atoms with Gasteiger partial charge in [-0.3, -0.25) is 0 Å². The average molecular weight is 330 g/mol. The van der Waals surface area contributed by atoms with E-state index < -0.39 is 0 Å². The van der Waals surface area contributed by atoms with Crippen LogP contribution in [0.4, 0.5) is 4.39 Å². The molecule has 0 saturated heterocycles. The van der Waals surface area contributed by atoms with Crippen molar-refractivity contribution in [3.8, 4) is 0 Å². The third-order valence-electron chi connectivity index (χ3n) is 3.36. The Morgan fingerprint density at radius 1 is 1.26 bits per heavy atom. The Bertz CT molecular complexity index is 359. The van der Waals surface area contributed by atoms with Gasteiger partial charge in [-0.25, -0.2) is 4.39 Å². The first kappa shape index (κ1) is 16.6. The second-order valence-corrected chi connectivity index (χ2v) is 6.39. The molecule has 0 aromatic heterocycles. The Morgan fingerprint density at radius 2 is 2.00 bits per heavy atom. The van der Waals surface area contributed by atoms with Crippen molar-refractivity contribution >= 4 is 15.9 Å². The largest absolute Gasteiger partial charge is 0.314 e. The van der Waals surface area contributed by atoms with Crippen LogP contribution in [0.3, 0.4) is 0 Å². The topological polar surface area (TPSA) is 12.0 Å². The Morgan fingerprint density at radius 3 is 2.58 bits per heavy atom. The van der Waals surface area contributed by atoms with Gasteiger partial charge in [0, 0.05) is 10.5 Å². The van der Waals surface area contributed by atoms with Crippen molar-refractivity contribution in [2.24, 2.45) is 5.92 Å². The first-order valence-corrected chi connectivity index (χ1v) is 8.00. The van der Waals surface area contributed by atoms with Gasteiger partial charge >= 0.3 is 0 Å². The van der Waals surface area contributed by atoms with Gasteiger partial charge in [0.25, 0.3) is 0 Å². The summed E-state index contributed by atoms with van der Waals surface area (Å²) in [7, 11) is 0. The van der Waals surface area contributed by atoms with Crippen LogP contribution in [0.15, 0.2) is 22.7 Å². The molecular formula is C16H25BrFN. The predicted octanol–water partition coefficient (Wildman–Crippen LogP) is 4.94. The average Bonchev–Trinajstić information content (AvgIpc) is 2.31. The zero-order valence-corrected chi connectivity index (χ0v) is 13.8. The van der Waals surface area contributed by atoms with Gasteiger partial charge in [-0.05, 0) is 61.9 Å². The van der Waals surface area contributed by atoms with Crippen LogP contribution in [0, 0.1) is 11.7 Å². The molecule has 1 aromatic rings. The Hall–Kier alpha value is -0.410. The van der Waals surface area contributed by atoms with Crippen LogP contribution in [0.2, 0.25) is 0 Å². The lowest BCUT2D eigenvalue weighted by atomic mass is 9.96. The molecule has 1 nitrogen and oxygen atoms in total. The van der Waals surface area contributed by atoms with Crippen LogP contribution in [-0.4, -0.2) is 12.6 Å². The maximum Gasteiger partial charge on any atom is 0.124 e. The van der Waals surface area contributed by atoms with E-state index in [-0.39, 0.29) is 5.82 Å². The monoisotopic (exact) mass is 329 g/mol. The number of rotatable bonds is 8. The number of hydrogen-bond donors (Lipinski definition) is 1. The minimum atomic E-state index is -0.158. The molecule has 1 rings (SSSR count). The molecule has 19 heavy (non-hydrogen) atoms. The second-order valence-electron chi connectivity index (χ2n) is 5.47. The Balaban J connectivity index is 2.42. The third kappa shape index (κ3) is 6.53. The maximum absolute atomic E-state index is 13.3. The van der Waals surface area contributed by atoms with Crippen LogP contribution in [-0.2, 0) is 6.42 Å². The maximum atomic E-state index is 13.3. The molecule has 0 amide bonds. The molecule has 1 N–H and O–H groups in total. The molecule has 1 atom stereocenters. The number of halogens is 2. The lowest BCUT2D eigenvalue weighted by Crippen LogP contribution is -2.34. The standard InChI is InChI=1S/C16H25BrFN/c1-4-8-19-16(12(2)3)7-5-6-13-9-14(17)11-15(18)10-13/h9-12,16,19H,4-8H2,1-3H3. The molecule has 3 heteroatoms. The van der Waals surface area contributed by atoms with Gasteiger partial charge in [0.1, 0.15) is 5.82 Å². The zero-order chi connectivity index (χ0) is 14.3. The van der Waals surface area contributed by atoms with Crippen molar-refractivity contribution in [3.63, 3.8) is 0 Å². The molecule has 0 aliphatic carbocycles. The van der Waals surface area contributed by atoms with Crippen LogP contribution in [0.1, 0.15) is 45.6 Å². The minimum Gasteiger partial charge on any atom is -0.314 e. The predicted molar refractivity (Wildman–Crippen MR) is 84.0 cm³/mol. The van der Waals surface area contributed by atoms with Crippen molar-refractivity contribution in [2.75, 3.05) is 6.54 Å². The summed E-state index contributed by atoms with van der Waals surface area (Å²) in [6, 6.07) is 5.71. The third-order valence-corrected chi connectivity index (χ3v) is 3.82. The van der Waals surface area contributed by atoms with Gasteiger partial charge in [0.15, 0.2) is 0 Å². The van der Waals surface area contributed by atoms with E-state index in [2.05, 4.69) is 42.0 Å². The van der Waals surface area contributed by atoms with Gasteiger partial charge in [0.05, 0.1) is 0 Å². The fraction of sp³-hybridized carbons (Fsp3) is 0.625. The highest BCUT2D eigenvalue weighted by atomic mass is 79.9. The molecule has 0 spiro atoms. The summed E-state index contributed by atoms with van der Waals surface area (Å²) in [5.74, 6) is 0.486. The van der Waals surface area contributed by atoms with E-state index in [1.54, 1.807) is 6.07 Å². The lowest BCUT2D eigenvalue weighted by molar-refractivity contribution is 0.370. The molecule has 1 aromatic carbocycles. The second kappa shape index (κ2) is 8.70. The molecule has 0 radical (unpaired) electrons. The molecule has 0 saturated carbocycles. The first-order valence-electron chi connectivity index (χ1n) is 7.21. The number of aryl methyl sites for hydroxylation is 1. The van der Waals surface area contributed by atoms with Crippen LogP contribution in [0.5, 0.6) is 0 Å². The summed E-state index contributed by atoms with van der Waals surface area (Å²) >= 11 is 3.34. The van der Waals surface area contributed by atoms with E-state index in [4.69, 9.17) is 0 Å². The van der Waals surface area contributed by atoms with Crippen molar-refractivity contribution in [1.82, 2.24) is 5.32 Å². The Kier molecular flexibility index (Phi) is 7.62. The summed E-state index contributed by atoms with van der Waals surface area (Å²) in [6.07, 6.45) is 4.34. The summed E-state index contributed by atoms with van der Waals surface area (Å²) < 4.78 is 14.1.